The highest BCUT2D eigenvalue weighted by Gasteiger charge is 2.24. The summed E-state index contributed by atoms with van der Waals surface area (Å²) >= 11 is 2.97. The maximum Gasteiger partial charge on any atom is 0.357 e. The molecular weight excluding hydrogens is 370 g/mol. The van der Waals surface area contributed by atoms with E-state index in [4.69, 9.17) is 0 Å². The Labute approximate surface area is 138 Å². The van der Waals surface area contributed by atoms with Crippen LogP contribution in [0.3, 0.4) is 0 Å². The van der Waals surface area contributed by atoms with Gasteiger partial charge in [0.15, 0.2) is 5.69 Å². The minimum absolute atomic E-state index is 0.0204. The Bertz CT molecular complexity index is 771. The van der Waals surface area contributed by atoms with Crippen molar-refractivity contribution in [2.24, 2.45) is 0 Å². The SMILES string of the molecule is CC(=O)N(C)c1ccc(NC(=O)c2n[nH]c([N+](=O)[O-])c2Br)cc1. The van der Waals surface area contributed by atoms with Gasteiger partial charge in [-0.25, -0.2) is 0 Å². The fraction of sp³-hybridized carbons (Fsp3) is 0.154. The van der Waals surface area contributed by atoms with Crippen molar-refractivity contribution in [2.45, 2.75) is 6.92 Å². The number of rotatable bonds is 4. The molecule has 0 radical (unpaired) electrons. The van der Waals surface area contributed by atoms with Crippen molar-refractivity contribution in [1.82, 2.24) is 10.2 Å². The van der Waals surface area contributed by atoms with Crippen molar-refractivity contribution in [3.8, 4) is 0 Å². The lowest BCUT2D eigenvalue weighted by molar-refractivity contribution is -0.390. The molecule has 0 bridgehead atoms. The fourth-order valence-corrected chi connectivity index (χ4v) is 2.23. The molecule has 0 atom stereocenters. The molecular formula is C13H12BrN5O4. The van der Waals surface area contributed by atoms with Crippen LogP contribution in [-0.2, 0) is 4.79 Å². The fourth-order valence-electron chi connectivity index (χ4n) is 1.73. The number of hydrogen-bond acceptors (Lipinski definition) is 5. The van der Waals surface area contributed by atoms with Gasteiger partial charge in [-0.15, -0.1) is 5.10 Å². The second kappa shape index (κ2) is 6.57. The maximum atomic E-state index is 12.1. The zero-order chi connectivity index (χ0) is 17.1. The van der Waals surface area contributed by atoms with Crippen LogP contribution in [0.15, 0.2) is 28.7 Å². The number of carbonyl (C=O) groups excluding carboxylic acids is 2. The second-order valence-corrected chi connectivity index (χ2v) is 5.36. The van der Waals surface area contributed by atoms with Gasteiger partial charge in [0, 0.05) is 25.3 Å². The van der Waals surface area contributed by atoms with Crippen molar-refractivity contribution in [3.05, 3.63) is 44.5 Å². The van der Waals surface area contributed by atoms with E-state index in [0.29, 0.717) is 11.4 Å². The molecule has 0 saturated heterocycles. The van der Waals surface area contributed by atoms with Gasteiger partial charge in [0.1, 0.15) is 4.47 Å². The first-order valence-electron chi connectivity index (χ1n) is 6.35. The lowest BCUT2D eigenvalue weighted by atomic mass is 10.2. The average molecular weight is 382 g/mol. The van der Waals surface area contributed by atoms with E-state index in [1.807, 2.05) is 0 Å². The molecule has 0 saturated carbocycles. The Morgan fingerprint density at radius 2 is 1.96 bits per heavy atom. The average Bonchev–Trinajstić information content (AvgIpc) is 2.89. The number of amides is 2. The van der Waals surface area contributed by atoms with Crippen LogP contribution in [0.1, 0.15) is 17.4 Å². The van der Waals surface area contributed by atoms with Crippen molar-refractivity contribution in [2.75, 3.05) is 17.3 Å². The first-order valence-corrected chi connectivity index (χ1v) is 7.14. The molecule has 1 aromatic heterocycles. The highest BCUT2D eigenvalue weighted by atomic mass is 79.9. The molecule has 0 fully saturated rings. The third-order valence-corrected chi connectivity index (χ3v) is 3.82. The van der Waals surface area contributed by atoms with E-state index in [0.717, 1.165) is 0 Å². The summed E-state index contributed by atoms with van der Waals surface area (Å²) in [6, 6.07) is 6.56. The maximum absolute atomic E-state index is 12.1. The summed E-state index contributed by atoms with van der Waals surface area (Å²) in [5.41, 5.74) is 1.02. The molecule has 2 N–H and O–H groups in total. The van der Waals surface area contributed by atoms with Crippen molar-refractivity contribution >= 4 is 44.9 Å². The number of aromatic amines is 1. The molecule has 2 aromatic rings. The van der Waals surface area contributed by atoms with Crippen LogP contribution in [-0.4, -0.2) is 34.0 Å². The monoisotopic (exact) mass is 381 g/mol. The molecule has 0 aliphatic rings. The van der Waals surface area contributed by atoms with Crippen LogP contribution in [0.25, 0.3) is 0 Å². The number of nitrogens with zero attached hydrogens (tertiary/aromatic N) is 3. The number of H-pyrrole nitrogens is 1. The van der Waals surface area contributed by atoms with Gasteiger partial charge >= 0.3 is 5.82 Å². The van der Waals surface area contributed by atoms with E-state index in [2.05, 4.69) is 31.4 Å². The molecule has 1 heterocycles. The molecule has 2 amide bonds. The molecule has 0 aliphatic carbocycles. The zero-order valence-electron chi connectivity index (χ0n) is 12.2. The molecule has 2 rings (SSSR count). The first kappa shape index (κ1) is 16.6. The van der Waals surface area contributed by atoms with Crippen LogP contribution in [0.4, 0.5) is 17.2 Å². The molecule has 1 aromatic carbocycles. The van der Waals surface area contributed by atoms with E-state index in [9.17, 15) is 19.7 Å². The Morgan fingerprint density at radius 1 is 1.35 bits per heavy atom. The van der Waals surface area contributed by atoms with Crippen LogP contribution in [0.2, 0.25) is 0 Å². The molecule has 0 spiro atoms. The summed E-state index contributed by atoms with van der Waals surface area (Å²) < 4.78 is -0.0204. The highest BCUT2D eigenvalue weighted by molar-refractivity contribution is 9.10. The Hall–Kier alpha value is -2.75. The smallest absolute Gasteiger partial charge is 0.357 e. The third kappa shape index (κ3) is 3.54. The summed E-state index contributed by atoms with van der Waals surface area (Å²) in [6.45, 7) is 1.44. The normalized spacial score (nSPS) is 10.2. The lowest BCUT2D eigenvalue weighted by Gasteiger charge is -2.15. The predicted octanol–water partition coefficient (Wildman–Crippen LogP) is 2.32. The molecule has 120 valence electrons. The van der Waals surface area contributed by atoms with E-state index in [-0.39, 0.29) is 16.1 Å². The summed E-state index contributed by atoms with van der Waals surface area (Å²) in [6.07, 6.45) is 0. The van der Waals surface area contributed by atoms with Gasteiger partial charge in [-0.3, -0.25) is 9.59 Å². The van der Waals surface area contributed by atoms with Crippen LogP contribution >= 0.6 is 15.9 Å². The predicted molar refractivity (Wildman–Crippen MR) is 86.4 cm³/mol. The number of nitro groups is 1. The largest absolute Gasteiger partial charge is 0.358 e. The molecule has 0 unspecified atom stereocenters. The van der Waals surface area contributed by atoms with Gasteiger partial charge in [0.25, 0.3) is 5.91 Å². The minimum Gasteiger partial charge on any atom is -0.358 e. The van der Waals surface area contributed by atoms with Gasteiger partial charge in [0.05, 0.1) is 0 Å². The number of hydrogen-bond donors (Lipinski definition) is 2. The topological polar surface area (TPSA) is 121 Å². The first-order chi connectivity index (χ1) is 10.8. The van der Waals surface area contributed by atoms with Crippen LogP contribution < -0.4 is 10.2 Å². The molecule has 10 heteroatoms. The number of nitrogens with one attached hydrogen (secondary N) is 2. The van der Waals surface area contributed by atoms with Gasteiger partial charge < -0.3 is 20.3 Å². The summed E-state index contributed by atoms with van der Waals surface area (Å²) in [7, 11) is 1.63. The van der Waals surface area contributed by atoms with Gasteiger partial charge in [-0.2, -0.15) is 0 Å². The quantitative estimate of drug-likeness (QED) is 0.621. The van der Waals surface area contributed by atoms with E-state index in [1.165, 1.54) is 11.8 Å². The number of carbonyl (C=O) groups is 2. The van der Waals surface area contributed by atoms with Gasteiger partial charge in [0.2, 0.25) is 5.91 Å². The number of anilines is 2. The highest BCUT2D eigenvalue weighted by Crippen LogP contribution is 2.26. The van der Waals surface area contributed by atoms with Crippen molar-refractivity contribution < 1.29 is 14.5 Å². The van der Waals surface area contributed by atoms with Crippen LogP contribution in [0, 0.1) is 10.1 Å². The molecule has 9 nitrogen and oxygen atoms in total. The second-order valence-electron chi connectivity index (χ2n) is 4.57. The number of benzene rings is 1. The van der Waals surface area contributed by atoms with Gasteiger partial charge in [-0.05, 0) is 45.1 Å². The zero-order valence-corrected chi connectivity index (χ0v) is 13.7. The van der Waals surface area contributed by atoms with Crippen LogP contribution in [0.5, 0.6) is 0 Å². The van der Waals surface area contributed by atoms with E-state index in [1.54, 1.807) is 31.3 Å². The van der Waals surface area contributed by atoms with E-state index >= 15 is 0 Å². The Balaban J connectivity index is 2.15. The number of aromatic nitrogens is 2. The molecule has 0 aliphatic heterocycles. The van der Waals surface area contributed by atoms with E-state index < -0.39 is 16.6 Å². The number of halogens is 1. The van der Waals surface area contributed by atoms with Gasteiger partial charge in [-0.1, -0.05) is 5.10 Å². The summed E-state index contributed by atoms with van der Waals surface area (Å²) in [4.78, 5) is 34.8. The third-order valence-electron chi connectivity index (χ3n) is 3.07. The van der Waals surface area contributed by atoms with Crippen molar-refractivity contribution in [3.63, 3.8) is 0 Å². The summed E-state index contributed by atoms with van der Waals surface area (Å²) in [5.74, 6) is -1.11. The Morgan fingerprint density at radius 3 is 2.43 bits per heavy atom. The summed E-state index contributed by atoms with van der Waals surface area (Å²) in [5, 5.41) is 19.1. The Kier molecular flexibility index (Phi) is 4.74. The van der Waals surface area contributed by atoms with Crippen molar-refractivity contribution in [1.29, 1.82) is 0 Å². The standard InChI is InChI=1S/C13H12BrN5O4/c1-7(20)18(2)9-5-3-8(4-6-9)15-13(21)11-10(14)12(17-16-11)19(22)23/h3-6H,1-2H3,(H,15,21)(H,16,17). The lowest BCUT2D eigenvalue weighted by Crippen LogP contribution is -2.22. The minimum atomic E-state index is -0.680. The molecule has 23 heavy (non-hydrogen) atoms.